The standard InChI is InChI=1S/C16H28N2S/c1-4-7-14-12-18(13(3)11-17-14)15(8-5-2)16-9-6-10-19-16/h6,9-10,13-15,17H,4-5,7-8,11-12H2,1-3H3. The average molecular weight is 280 g/mol. The largest absolute Gasteiger partial charge is 0.311 e. The zero-order valence-corrected chi connectivity index (χ0v) is 13.4. The molecule has 0 radical (unpaired) electrons. The van der Waals surface area contributed by atoms with Crippen LogP contribution in [0.15, 0.2) is 17.5 Å². The highest BCUT2D eigenvalue weighted by Gasteiger charge is 2.30. The van der Waals surface area contributed by atoms with E-state index in [2.05, 4.69) is 48.5 Å². The topological polar surface area (TPSA) is 15.3 Å². The van der Waals surface area contributed by atoms with Gasteiger partial charge in [-0.25, -0.2) is 0 Å². The van der Waals surface area contributed by atoms with Crippen LogP contribution in [0.3, 0.4) is 0 Å². The predicted octanol–water partition coefficient (Wildman–Crippen LogP) is 4.05. The Labute approximate surface area is 122 Å². The highest BCUT2D eigenvalue weighted by atomic mass is 32.1. The Morgan fingerprint density at radius 3 is 2.89 bits per heavy atom. The van der Waals surface area contributed by atoms with E-state index in [1.807, 2.05) is 11.3 Å². The van der Waals surface area contributed by atoms with Crippen molar-refractivity contribution in [3.05, 3.63) is 22.4 Å². The molecule has 1 aliphatic rings. The molecule has 108 valence electrons. The molecule has 2 nitrogen and oxygen atoms in total. The summed E-state index contributed by atoms with van der Waals surface area (Å²) in [5.74, 6) is 0. The molecular formula is C16H28N2S. The summed E-state index contributed by atoms with van der Waals surface area (Å²) in [6.45, 7) is 9.29. The Kier molecular flexibility index (Phi) is 5.86. The molecule has 1 aliphatic heterocycles. The number of nitrogens with zero attached hydrogens (tertiary/aromatic N) is 1. The molecule has 0 bridgehead atoms. The van der Waals surface area contributed by atoms with Gasteiger partial charge < -0.3 is 5.32 Å². The number of nitrogens with one attached hydrogen (secondary N) is 1. The molecule has 3 atom stereocenters. The Bertz CT molecular complexity index is 350. The fourth-order valence-corrected chi connectivity index (χ4v) is 4.04. The Morgan fingerprint density at radius 1 is 1.42 bits per heavy atom. The van der Waals surface area contributed by atoms with Crippen LogP contribution in [-0.4, -0.2) is 30.1 Å². The van der Waals surface area contributed by atoms with E-state index in [0.717, 1.165) is 6.54 Å². The van der Waals surface area contributed by atoms with Crippen LogP contribution in [0.25, 0.3) is 0 Å². The fraction of sp³-hybridized carbons (Fsp3) is 0.750. The SMILES string of the molecule is CCCC1CN(C(CCC)c2cccs2)C(C)CN1. The van der Waals surface area contributed by atoms with E-state index < -0.39 is 0 Å². The summed E-state index contributed by atoms with van der Waals surface area (Å²) in [7, 11) is 0. The van der Waals surface area contributed by atoms with Crippen molar-refractivity contribution >= 4 is 11.3 Å². The minimum atomic E-state index is 0.626. The van der Waals surface area contributed by atoms with Crippen molar-refractivity contribution < 1.29 is 0 Å². The molecule has 1 N–H and O–H groups in total. The van der Waals surface area contributed by atoms with Gasteiger partial charge >= 0.3 is 0 Å². The average Bonchev–Trinajstić information content (AvgIpc) is 2.93. The second-order valence-corrected chi connectivity index (χ2v) is 6.74. The van der Waals surface area contributed by atoms with Crippen molar-refractivity contribution in [1.82, 2.24) is 10.2 Å². The quantitative estimate of drug-likeness (QED) is 0.845. The van der Waals surface area contributed by atoms with Gasteiger partial charge in [-0.3, -0.25) is 4.90 Å². The second kappa shape index (κ2) is 7.41. The predicted molar refractivity (Wildman–Crippen MR) is 84.8 cm³/mol. The third-order valence-electron chi connectivity index (χ3n) is 4.17. The molecule has 2 heterocycles. The number of thiophene rings is 1. The maximum Gasteiger partial charge on any atom is 0.0445 e. The lowest BCUT2D eigenvalue weighted by Crippen LogP contribution is -2.56. The van der Waals surface area contributed by atoms with E-state index in [4.69, 9.17) is 0 Å². The van der Waals surface area contributed by atoms with Crippen LogP contribution in [0.4, 0.5) is 0 Å². The summed E-state index contributed by atoms with van der Waals surface area (Å²) in [6, 6.07) is 6.46. The van der Waals surface area contributed by atoms with Gasteiger partial charge in [0.15, 0.2) is 0 Å². The van der Waals surface area contributed by atoms with Crippen LogP contribution in [0.1, 0.15) is 57.4 Å². The van der Waals surface area contributed by atoms with Gasteiger partial charge in [0.25, 0.3) is 0 Å². The van der Waals surface area contributed by atoms with Gasteiger partial charge in [0, 0.05) is 36.1 Å². The zero-order valence-electron chi connectivity index (χ0n) is 12.6. The van der Waals surface area contributed by atoms with Crippen LogP contribution in [0.5, 0.6) is 0 Å². The number of hydrogen-bond donors (Lipinski definition) is 1. The van der Waals surface area contributed by atoms with E-state index in [0.29, 0.717) is 18.1 Å². The summed E-state index contributed by atoms with van der Waals surface area (Å²) >= 11 is 1.92. The second-order valence-electron chi connectivity index (χ2n) is 5.76. The molecular weight excluding hydrogens is 252 g/mol. The Hall–Kier alpha value is -0.380. The lowest BCUT2D eigenvalue weighted by molar-refractivity contribution is 0.0840. The Morgan fingerprint density at radius 2 is 2.26 bits per heavy atom. The van der Waals surface area contributed by atoms with Crippen molar-refractivity contribution in [2.45, 2.75) is 64.6 Å². The Balaban J connectivity index is 2.10. The van der Waals surface area contributed by atoms with Crippen LogP contribution in [-0.2, 0) is 0 Å². The molecule has 2 rings (SSSR count). The summed E-state index contributed by atoms with van der Waals surface area (Å²) in [5, 5.41) is 5.92. The maximum absolute atomic E-state index is 3.70. The van der Waals surface area contributed by atoms with Gasteiger partial charge in [0.1, 0.15) is 0 Å². The number of rotatable bonds is 6. The molecule has 1 saturated heterocycles. The first kappa shape index (κ1) is 15.0. The van der Waals surface area contributed by atoms with Crippen molar-refractivity contribution in [2.24, 2.45) is 0 Å². The monoisotopic (exact) mass is 280 g/mol. The molecule has 0 amide bonds. The van der Waals surface area contributed by atoms with E-state index in [-0.39, 0.29) is 0 Å². The minimum Gasteiger partial charge on any atom is -0.311 e. The highest BCUT2D eigenvalue weighted by molar-refractivity contribution is 7.10. The van der Waals surface area contributed by atoms with Gasteiger partial charge in [0.2, 0.25) is 0 Å². The molecule has 1 fully saturated rings. The zero-order chi connectivity index (χ0) is 13.7. The van der Waals surface area contributed by atoms with Gasteiger partial charge in [-0.2, -0.15) is 0 Å². The first-order chi connectivity index (χ1) is 9.26. The summed E-state index contributed by atoms with van der Waals surface area (Å²) < 4.78 is 0. The van der Waals surface area contributed by atoms with Crippen molar-refractivity contribution in [1.29, 1.82) is 0 Å². The fourth-order valence-electron chi connectivity index (χ4n) is 3.16. The van der Waals surface area contributed by atoms with E-state index in [9.17, 15) is 0 Å². The molecule has 3 heteroatoms. The van der Waals surface area contributed by atoms with E-state index in [1.54, 1.807) is 4.88 Å². The van der Waals surface area contributed by atoms with Gasteiger partial charge in [-0.1, -0.05) is 32.8 Å². The smallest absolute Gasteiger partial charge is 0.0445 e. The maximum atomic E-state index is 3.70. The van der Waals surface area contributed by atoms with Gasteiger partial charge in [0.05, 0.1) is 0 Å². The third-order valence-corrected chi connectivity index (χ3v) is 5.14. The first-order valence-electron chi connectivity index (χ1n) is 7.78. The van der Waals surface area contributed by atoms with Crippen molar-refractivity contribution in [2.75, 3.05) is 13.1 Å². The summed E-state index contributed by atoms with van der Waals surface area (Å²) in [6.07, 6.45) is 5.12. The molecule has 1 aromatic heterocycles. The van der Waals surface area contributed by atoms with E-state index >= 15 is 0 Å². The van der Waals surface area contributed by atoms with Crippen LogP contribution in [0.2, 0.25) is 0 Å². The normalized spacial score (nSPS) is 26.5. The summed E-state index contributed by atoms with van der Waals surface area (Å²) in [4.78, 5) is 4.29. The first-order valence-corrected chi connectivity index (χ1v) is 8.66. The van der Waals surface area contributed by atoms with Gasteiger partial charge in [-0.05, 0) is 31.2 Å². The summed E-state index contributed by atoms with van der Waals surface area (Å²) in [5.41, 5.74) is 0. The lowest BCUT2D eigenvalue weighted by Gasteiger charge is -2.43. The minimum absolute atomic E-state index is 0.626. The third kappa shape index (κ3) is 3.80. The number of piperazine rings is 1. The molecule has 0 aromatic carbocycles. The van der Waals surface area contributed by atoms with E-state index in [1.165, 1.54) is 32.2 Å². The van der Waals surface area contributed by atoms with Crippen molar-refractivity contribution in [3.8, 4) is 0 Å². The van der Waals surface area contributed by atoms with Crippen molar-refractivity contribution in [3.63, 3.8) is 0 Å². The molecule has 3 unspecified atom stereocenters. The van der Waals surface area contributed by atoms with Gasteiger partial charge in [-0.15, -0.1) is 11.3 Å². The highest BCUT2D eigenvalue weighted by Crippen LogP contribution is 2.32. The lowest BCUT2D eigenvalue weighted by atomic mass is 10.00. The molecule has 0 saturated carbocycles. The number of hydrogen-bond acceptors (Lipinski definition) is 3. The molecule has 1 aromatic rings. The molecule has 0 aliphatic carbocycles. The molecule has 0 spiro atoms. The van der Waals surface area contributed by atoms with Crippen LogP contribution >= 0.6 is 11.3 Å². The molecule has 19 heavy (non-hydrogen) atoms. The van der Waals surface area contributed by atoms with Crippen LogP contribution < -0.4 is 5.32 Å². The van der Waals surface area contributed by atoms with Crippen LogP contribution in [0, 0.1) is 0 Å².